The van der Waals surface area contributed by atoms with E-state index in [1.165, 1.54) is 20.3 Å². The number of hydrogen-bond donors (Lipinski definition) is 1. The third-order valence-electron chi connectivity index (χ3n) is 2.27. The fourth-order valence-electron chi connectivity index (χ4n) is 1.44. The average Bonchev–Trinajstić information content (AvgIpc) is 2.35. The molecule has 0 spiro atoms. The van der Waals surface area contributed by atoms with Gasteiger partial charge in [0, 0.05) is 12.1 Å². The zero-order chi connectivity index (χ0) is 12.1. The molecule has 0 aliphatic rings. The van der Waals surface area contributed by atoms with Gasteiger partial charge in [-0.1, -0.05) is 6.08 Å². The maximum Gasteiger partial charge on any atom is 0.132 e. The van der Waals surface area contributed by atoms with Crippen LogP contribution in [0.3, 0.4) is 0 Å². The molecule has 4 nitrogen and oxygen atoms in total. The first-order valence-corrected chi connectivity index (χ1v) is 4.78. The molecule has 0 amide bonds. The van der Waals surface area contributed by atoms with Crippen molar-refractivity contribution in [3.63, 3.8) is 0 Å². The Balaban J connectivity index is 3.36. The summed E-state index contributed by atoms with van der Waals surface area (Å²) in [6.07, 6.45) is 0.572. The molecule has 0 aliphatic carbocycles. The Bertz CT molecular complexity index is 348. The highest BCUT2D eigenvalue weighted by molar-refractivity contribution is 5.52. The fourth-order valence-corrected chi connectivity index (χ4v) is 1.44. The minimum Gasteiger partial charge on any atom is -0.496 e. The van der Waals surface area contributed by atoms with Crippen LogP contribution in [0.15, 0.2) is 24.8 Å². The van der Waals surface area contributed by atoms with E-state index in [0.29, 0.717) is 22.8 Å². The molecule has 1 rings (SSSR count). The normalized spacial score (nSPS) is 11.8. The minimum absolute atomic E-state index is 0.503. The second-order valence-corrected chi connectivity index (χ2v) is 3.13. The van der Waals surface area contributed by atoms with Crippen LogP contribution >= 0.6 is 0 Å². The topological polar surface area (TPSA) is 47.9 Å². The van der Waals surface area contributed by atoms with E-state index >= 15 is 0 Å². The van der Waals surface area contributed by atoms with Crippen LogP contribution in [0.5, 0.6) is 17.2 Å². The molecule has 0 bridgehead atoms. The summed E-state index contributed by atoms with van der Waals surface area (Å²) in [5.74, 6) is 1.61. The molecule has 0 radical (unpaired) electrons. The van der Waals surface area contributed by atoms with Gasteiger partial charge in [0.2, 0.25) is 0 Å². The van der Waals surface area contributed by atoms with Crippen LogP contribution in [0.25, 0.3) is 0 Å². The molecule has 1 aromatic rings. The van der Waals surface area contributed by atoms with Gasteiger partial charge in [0.25, 0.3) is 0 Å². The summed E-state index contributed by atoms with van der Waals surface area (Å²) >= 11 is 0. The van der Waals surface area contributed by atoms with Crippen LogP contribution in [0.2, 0.25) is 0 Å². The van der Waals surface area contributed by atoms with Gasteiger partial charge in [0.1, 0.15) is 23.4 Å². The van der Waals surface area contributed by atoms with Crippen molar-refractivity contribution >= 4 is 0 Å². The van der Waals surface area contributed by atoms with Crippen molar-refractivity contribution in [3.05, 3.63) is 30.4 Å². The van der Waals surface area contributed by atoms with Gasteiger partial charge in [0.15, 0.2) is 0 Å². The van der Waals surface area contributed by atoms with Gasteiger partial charge < -0.3 is 19.3 Å². The van der Waals surface area contributed by atoms with Gasteiger partial charge in [0.05, 0.1) is 26.9 Å². The van der Waals surface area contributed by atoms with E-state index in [0.717, 1.165) is 0 Å². The van der Waals surface area contributed by atoms with E-state index in [1.807, 2.05) is 0 Å². The maximum atomic E-state index is 9.80. The Hall–Kier alpha value is -1.68. The molecular weight excluding hydrogens is 208 g/mol. The van der Waals surface area contributed by atoms with Crippen LogP contribution in [0, 0.1) is 0 Å². The number of rotatable bonds is 5. The zero-order valence-corrected chi connectivity index (χ0v) is 9.69. The highest BCUT2D eigenvalue weighted by Gasteiger charge is 2.18. The third-order valence-corrected chi connectivity index (χ3v) is 2.27. The van der Waals surface area contributed by atoms with Crippen molar-refractivity contribution in [1.82, 2.24) is 0 Å². The molecule has 1 N–H and O–H groups in total. The summed E-state index contributed by atoms with van der Waals surface area (Å²) in [6, 6.07) is 3.37. The lowest BCUT2D eigenvalue weighted by Gasteiger charge is -2.17. The summed E-state index contributed by atoms with van der Waals surface area (Å²) in [6.45, 7) is 3.54. The molecule has 16 heavy (non-hydrogen) atoms. The molecule has 0 aromatic heterocycles. The number of ether oxygens (including phenoxy) is 3. The molecule has 0 aliphatic heterocycles. The largest absolute Gasteiger partial charge is 0.496 e. The summed E-state index contributed by atoms with van der Waals surface area (Å²) in [5, 5.41) is 9.80. The maximum absolute atomic E-state index is 9.80. The Morgan fingerprint density at radius 1 is 1.12 bits per heavy atom. The number of hydrogen-bond acceptors (Lipinski definition) is 4. The molecule has 0 heterocycles. The third kappa shape index (κ3) is 2.28. The van der Waals surface area contributed by atoms with Crippen molar-refractivity contribution < 1.29 is 19.3 Å². The summed E-state index contributed by atoms with van der Waals surface area (Å²) < 4.78 is 15.5. The Morgan fingerprint density at radius 2 is 1.62 bits per heavy atom. The van der Waals surface area contributed by atoms with Gasteiger partial charge in [-0.2, -0.15) is 0 Å². The van der Waals surface area contributed by atoms with Gasteiger partial charge in [-0.05, 0) is 0 Å². The molecule has 0 saturated heterocycles. The first-order chi connectivity index (χ1) is 7.67. The average molecular weight is 224 g/mol. The Morgan fingerprint density at radius 3 is 1.94 bits per heavy atom. The van der Waals surface area contributed by atoms with Gasteiger partial charge >= 0.3 is 0 Å². The van der Waals surface area contributed by atoms with Crippen LogP contribution in [-0.2, 0) is 0 Å². The molecule has 88 valence electrons. The summed E-state index contributed by atoms with van der Waals surface area (Å²) in [4.78, 5) is 0. The number of aliphatic hydroxyl groups excluding tert-OH is 1. The van der Waals surface area contributed by atoms with Crippen molar-refractivity contribution in [2.45, 2.75) is 6.10 Å². The lowest BCUT2D eigenvalue weighted by molar-refractivity contribution is 0.216. The van der Waals surface area contributed by atoms with E-state index in [4.69, 9.17) is 14.2 Å². The smallest absolute Gasteiger partial charge is 0.132 e. The number of aliphatic hydroxyl groups is 1. The van der Waals surface area contributed by atoms with Crippen molar-refractivity contribution in [3.8, 4) is 17.2 Å². The predicted octanol–water partition coefficient (Wildman–Crippen LogP) is 1.93. The van der Waals surface area contributed by atoms with Crippen LogP contribution in [-0.4, -0.2) is 26.4 Å². The minimum atomic E-state index is -0.837. The molecule has 1 unspecified atom stereocenters. The molecule has 0 saturated carbocycles. The lowest BCUT2D eigenvalue weighted by atomic mass is 10.1. The van der Waals surface area contributed by atoms with Gasteiger partial charge in [-0.25, -0.2) is 0 Å². The van der Waals surface area contributed by atoms with E-state index < -0.39 is 6.10 Å². The van der Waals surface area contributed by atoms with Crippen molar-refractivity contribution in [2.75, 3.05) is 21.3 Å². The summed E-state index contributed by atoms with van der Waals surface area (Å²) in [7, 11) is 4.60. The molecule has 0 fully saturated rings. The Kier molecular flexibility index (Phi) is 4.19. The predicted molar refractivity (Wildman–Crippen MR) is 61.3 cm³/mol. The van der Waals surface area contributed by atoms with Crippen molar-refractivity contribution in [1.29, 1.82) is 0 Å². The Labute approximate surface area is 95.1 Å². The molecule has 1 aromatic carbocycles. The molecule has 4 heteroatoms. The molecule has 1 atom stereocenters. The van der Waals surface area contributed by atoms with Crippen LogP contribution < -0.4 is 14.2 Å². The van der Waals surface area contributed by atoms with Gasteiger partial charge in [-0.3, -0.25) is 0 Å². The van der Waals surface area contributed by atoms with E-state index in [9.17, 15) is 5.11 Å². The number of benzene rings is 1. The van der Waals surface area contributed by atoms with E-state index in [2.05, 4.69) is 6.58 Å². The van der Waals surface area contributed by atoms with Crippen molar-refractivity contribution in [2.24, 2.45) is 0 Å². The second kappa shape index (κ2) is 5.42. The van der Waals surface area contributed by atoms with Gasteiger partial charge in [-0.15, -0.1) is 6.58 Å². The van der Waals surface area contributed by atoms with Crippen LogP contribution in [0.4, 0.5) is 0 Å². The standard InChI is InChI=1S/C12H16O4/c1-5-9(13)12-10(15-3)6-8(14-2)7-11(12)16-4/h5-7,9,13H,1H2,2-4H3. The number of methoxy groups -OCH3 is 3. The first kappa shape index (κ1) is 12.4. The lowest BCUT2D eigenvalue weighted by Crippen LogP contribution is -2.02. The van der Waals surface area contributed by atoms with Crippen LogP contribution in [0.1, 0.15) is 11.7 Å². The van der Waals surface area contributed by atoms with E-state index in [-0.39, 0.29) is 0 Å². The molecular formula is C12H16O4. The summed E-state index contributed by atoms with van der Waals surface area (Å²) in [5.41, 5.74) is 0.542. The highest BCUT2D eigenvalue weighted by Crippen LogP contribution is 2.38. The zero-order valence-electron chi connectivity index (χ0n) is 9.69. The quantitative estimate of drug-likeness (QED) is 0.776. The van der Waals surface area contributed by atoms with E-state index in [1.54, 1.807) is 19.2 Å². The monoisotopic (exact) mass is 224 g/mol. The second-order valence-electron chi connectivity index (χ2n) is 3.13. The fraction of sp³-hybridized carbons (Fsp3) is 0.333. The first-order valence-electron chi connectivity index (χ1n) is 4.78. The SMILES string of the molecule is C=CC(O)c1c(OC)cc(OC)cc1OC. The highest BCUT2D eigenvalue weighted by atomic mass is 16.5.